The van der Waals surface area contributed by atoms with E-state index in [2.05, 4.69) is 19.5 Å². The molecule has 0 unspecified atom stereocenters. The van der Waals surface area contributed by atoms with Gasteiger partial charge in [-0.05, 0) is 36.8 Å². The highest BCUT2D eigenvalue weighted by Crippen LogP contribution is 2.22. The van der Waals surface area contributed by atoms with Crippen LogP contribution >= 0.6 is 0 Å². The van der Waals surface area contributed by atoms with Crippen LogP contribution < -0.4 is 4.72 Å². The van der Waals surface area contributed by atoms with Gasteiger partial charge in [-0.1, -0.05) is 24.3 Å². The average molecular weight is 443 g/mol. The van der Waals surface area contributed by atoms with Crippen molar-refractivity contribution >= 4 is 20.8 Å². The summed E-state index contributed by atoms with van der Waals surface area (Å²) in [6, 6.07) is 13.4. The first kappa shape index (κ1) is 21.8. The molecule has 0 amide bonds. The summed E-state index contributed by atoms with van der Waals surface area (Å²) < 4.78 is 41.9. The summed E-state index contributed by atoms with van der Waals surface area (Å²) in [6.45, 7) is 6.87. The lowest BCUT2D eigenvalue weighted by Crippen LogP contribution is -2.50. The number of halogens is 1. The number of benzene rings is 2. The van der Waals surface area contributed by atoms with Crippen LogP contribution in [0.3, 0.4) is 0 Å². The second-order valence-corrected chi connectivity index (χ2v) is 9.76. The van der Waals surface area contributed by atoms with Crippen molar-refractivity contribution in [1.82, 2.24) is 19.5 Å². The first-order valence-corrected chi connectivity index (χ1v) is 11.9. The molecule has 8 heteroatoms. The summed E-state index contributed by atoms with van der Waals surface area (Å²) in [5.41, 5.74) is 1.10. The van der Waals surface area contributed by atoms with Crippen molar-refractivity contribution in [3.05, 3.63) is 72.3 Å². The molecule has 1 saturated heterocycles. The molecule has 0 spiro atoms. The zero-order valence-corrected chi connectivity index (χ0v) is 18.4. The Hall–Kier alpha value is -2.39. The zero-order valence-electron chi connectivity index (χ0n) is 17.5. The van der Waals surface area contributed by atoms with E-state index < -0.39 is 10.0 Å². The summed E-state index contributed by atoms with van der Waals surface area (Å²) in [5.74, 6) is -0.217. The van der Waals surface area contributed by atoms with Crippen molar-refractivity contribution in [2.45, 2.75) is 24.4 Å². The van der Waals surface area contributed by atoms with Crippen molar-refractivity contribution in [2.24, 2.45) is 0 Å². The molecule has 0 radical (unpaired) electrons. The molecule has 0 aliphatic carbocycles. The van der Waals surface area contributed by atoms with E-state index >= 15 is 0 Å². The second-order valence-electron chi connectivity index (χ2n) is 8.08. The van der Waals surface area contributed by atoms with E-state index in [1.54, 1.807) is 30.6 Å². The standard InChI is InChI=1S/C23H27FN4O2S/c1-18(26-31(29,30)23-4-2-3-20-15-25-10-9-22(20)23)16-27-11-13-28(14-12-27)17-19-5-7-21(24)8-6-19/h2-10,15,18,26H,11-14,16-17H2,1H3/t18-/m1/s1. The summed E-state index contributed by atoms with van der Waals surface area (Å²) in [6.07, 6.45) is 3.28. The topological polar surface area (TPSA) is 65.5 Å². The molecule has 1 atom stereocenters. The largest absolute Gasteiger partial charge is 0.299 e. The van der Waals surface area contributed by atoms with Gasteiger partial charge in [0.1, 0.15) is 5.82 Å². The maximum Gasteiger partial charge on any atom is 0.241 e. The van der Waals surface area contributed by atoms with Crippen LogP contribution in [0.15, 0.2) is 65.8 Å². The third-order valence-corrected chi connectivity index (χ3v) is 7.25. The fourth-order valence-electron chi connectivity index (χ4n) is 4.06. The molecule has 0 saturated carbocycles. The fourth-order valence-corrected chi connectivity index (χ4v) is 5.52. The van der Waals surface area contributed by atoms with E-state index in [1.807, 2.05) is 25.1 Å². The summed E-state index contributed by atoms with van der Waals surface area (Å²) >= 11 is 0. The normalized spacial score (nSPS) is 17.1. The maximum atomic E-state index is 13.1. The van der Waals surface area contributed by atoms with Gasteiger partial charge in [0.15, 0.2) is 0 Å². The van der Waals surface area contributed by atoms with Crippen LogP contribution in [0.4, 0.5) is 4.39 Å². The maximum absolute atomic E-state index is 13.1. The quantitative estimate of drug-likeness (QED) is 0.610. The van der Waals surface area contributed by atoms with Gasteiger partial charge in [-0.3, -0.25) is 14.8 Å². The first-order chi connectivity index (χ1) is 14.9. The summed E-state index contributed by atoms with van der Waals surface area (Å²) in [7, 11) is -3.64. The lowest BCUT2D eigenvalue weighted by Gasteiger charge is -2.36. The monoisotopic (exact) mass is 442 g/mol. The van der Waals surface area contributed by atoms with Crippen LogP contribution in [0.1, 0.15) is 12.5 Å². The third-order valence-electron chi connectivity index (χ3n) is 5.60. The lowest BCUT2D eigenvalue weighted by atomic mass is 10.2. The van der Waals surface area contributed by atoms with Crippen LogP contribution in [0.2, 0.25) is 0 Å². The molecule has 2 heterocycles. The SMILES string of the molecule is C[C@H](CN1CCN(Cc2ccc(F)cc2)CC1)NS(=O)(=O)c1cccc2cnccc12. The minimum atomic E-state index is -3.64. The summed E-state index contributed by atoms with van der Waals surface area (Å²) in [4.78, 5) is 8.96. The van der Waals surface area contributed by atoms with Crippen molar-refractivity contribution < 1.29 is 12.8 Å². The van der Waals surface area contributed by atoms with E-state index in [0.717, 1.165) is 43.7 Å². The molecule has 4 rings (SSSR count). The van der Waals surface area contributed by atoms with E-state index in [4.69, 9.17) is 0 Å². The van der Waals surface area contributed by atoms with E-state index in [0.29, 0.717) is 11.9 Å². The van der Waals surface area contributed by atoms with Crippen LogP contribution in [-0.4, -0.2) is 62.0 Å². The molecule has 1 aliphatic rings. The van der Waals surface area contributed by atoms with Gasteiger partial charge < -0.3 is 0 Å². The molecular formula is C23H27FN4O2S. The van der Waals surface area contributed by atoms with E-state index in [1.165, 1.54) is 12.1 Å². The number of rotatable bonds is 7. The van der Waals surface area contributed by atoms with Gasteiger partial charge in [0.25, 0.3) is 0 Å². The van der Waals surface area contributed by atoms with Crippen molar-refractivity contribution in [2.75, 3.05) is 32.7 Å². The smallest absolute Gasteiger partial charge is 0.241 e. The van der Waals surface area contributed by atoms with Crippen molar-refractivity contribution in [3.63, 3.8) is 0 Å². The minimum Gasteiger partial charge on any atom is -0.299 e. The van der Waals surface area contributed by atoms with Crippen LogP contribution in [-0.2, 0) is 16.6 Å². The van der Waals surface area contributed by atoms with Gasteiger partial charge in [0.2, 0.25) is 10.0 Å². The summed E-state index contributed by atoms with van der Waals surface area (Å²) in [5, 5.41) is 1.47. The average Bonchev–Trinajstić information content (AvgIpc) is 2.76. The molecule has 164 valence electrons. The van der Waals surface area contributed by atoms with Gasteiger partial charge in [0.05, 0.1) is 4.90 Å². The number of sulfonamides is 1. The van der Waals surface area contributed by atoms with Gasteiger partial charge in [-0.15, -0.1) is 0 Å². The Balaban J connectivity index is 1.32. The number of piperazine rings is 1. The molecule has 31 heavy (non-hydrogen) atoms. The van der Waals surface area contributed by atoms with Gasteiger partial charge in [-0.2, -0.15) is 0 Å². The first-order valence-electron chi connectivity index (χ1n) is 10.4. The minimum absolute atomic E-state index is 0.217. The van der Waals surface area contributed by atoms with E-state index in [9.17, 15) is 12.8 Å². The number of hydrogen-bond acceptors (Lipinski definition) is 5. The Morgan fingerprint density at radius 3 is 2.48 bits per heavy atom. The Labute approximate surface area is 182 Å². The highest BCUT2D eigenvalue weighted by molar-refractivity contribution is 7.89. The van der Waals surface area contributed by atoms with E-state index in [-0.39, 0.29) is 16.8 Å². The van der Waals surface area contributed by atoms with Crippen molar-refractivity contribution in [1.29, 1.82) is 0 Å². The number of nitrogens with one attached hydrogen (secondary N) is 1. The number of nitrogens with zero attached hydrogens (tertiary/aromatic N) is 3. The second kappa shape index (κ2) is 9.40. The highest BCUT2D eigenvalue weighted by atomic mass is 32.2. The molecule has 2 aromatic carbocycles. The number of pyridine rings is 1. The fraction of sp³-hybridized carbons (Fsp3) is 0.348. The Kier molecular flexibility index (Phi) is 6.62. The molecule has 3 aromatic rings. The molecule has 0 bridgehead atoms. The number of aromatic nitrogens is 1. The molecule has 6 nitrogen and oxygen atoms in total. The molecule has 1 aromatic heterocycles. The predicted octanol–water partition coefficient (Wildman–Crippen LogP) is 2.86. The predicted molar refractivity (Wildman–Crippen MR) is 120 cm³/mol. The van der Waals surface area contributed by atoms with Gasteiger partial charge >= 0.3 is 0 Å². The number of hydrogen-bond donors (Lipinski definition) is 1. The van der Waals surface area contributed by atoms with Crippen LogP contribution in [0.25, 0.3) is 10.8 Å². The molecular weight excluding hydrogens is 415 g/mol. The Bertz CT molecular complexity index is 1120. The third kappa shape index (κ3) is 5.46. The van der Waals surface area contributed by atoms with Gasteiger partial charge in [0, 0.05) is 68.5 Å². The lowest BCUT2D eigenvalue weighted by molar-refractivity contribution is 0.122. The van der Waals surface area contributed by atoms with Crippen LogP contribution in [0.5, 0.6) is 0 Å². The zero-order chi connectivity index (χ0) is 21.8. The number of fused-ring (bicyclic) bond motifs is 1. The molecule has 1 aliphatic heterocycles. The Morgan fingerprint density at radius 2 is 1.74 bits per heavy atom. The van der Waals surface area contributed by atoms with Crippen molar-refractivity contribution in [3.8, 4) is 0 Å². The molecule has 1 fully saturated rings. The Morgan fingerprint density at radius 1 is 1.03 bits per heavy atom. The van der Waals surface area contributed by atoms with Gasteiger partial charge in [-0.25, -0.2) is 17.5 Å². The molecule has 1 N–H and O–H groups in total. The highest BCUT2D eigenvalue weighted by Gasteiger charge is 2.23. The van der Waals surface area contributed by atoms with Crippen LogP contribution in [0, 0.1) is 5.82 Å².